The van der Waals surface area contributed by atoms with Crippen LogP contribution in [0.25, 0.3) is 0 Å². The number of carbonyl (C=O) groups excluding carboxylic acids is 1. The fourth-order valence-corrected chi connectivity index (χ4v) is 2.46. The summed E-state index contributed by atoms with van der Waals surface area (Å²) in [6.45, 7) is 7.37. The van der Waals surface area contributed by atoms with Gasteiger partial charge in [0.1, 0.15) is 17.9 Å². The van der Waals surface area contributed by atoms with E-state index in [9.17, 15) is 4.79 Å². The Kier molecular flexibility index (Phi) is 4.32. The van der Waals surface area contributed by atoms with Gasteiger partial charge in [0, 0.05) is 19.5 Å². The molecule has 0 aromatic carbocycles. The number of carbonyl (C=O) groups is 1. The highest BCUT2D eigenvalue weighted by molar-refractivity contribution is 5.68. The fourth-order valence-electron chi connectivity index (χ4n) is 2.46. The summed E-state index contributed by atoms with van der Waals surface area (Å²) in [5.74, 6) is 0.846. The van der Waals surface area contributed by atoms with Crippen molar-refractivity contribution in [1.29, 1.82) is 0 Å². The Morgan fingerprint density at radius 1 is 1.60 bits per heavy atom. The second-order valence-corrected chi connectivity index (χ2v) is 6.16. The van der Waals surface area contributed by atoms with Crippen molar-refractivity contribution in [3.63, 3.8) is 0 Å². The minimum atomic E-state index is -0.513. The summed E-state index contributed by atoms with van der Waals surface area (Å²) in [6, 6.07) is -0.199. The van der Waals surface area contributed by atoms with Crippen LogP contribution in [0.4, 0.5) is 4.79 Å². The molecule has 1 aliphatic heterocycles. The van der Waals surface area contributed by atoms with Gasteiger partial charge in [-0.15, -0.1) is 0 Å². The van der Waals surface area contributed by atoms with E-state index >= 15 is 0 Å². The lowest BCUT2D eigenvalue weighted by atomic mass is 9.98. The Labute approximate surface area is 119 Å². The molecule has 0 saturated carbocycles. The maximum atomic E-state index is 12.3. The van der Waals surface area contributed by atoms with E-state index in [0.29, 0.717) is 5.89 Å². The van der Waals surface area contributed by atoms with Gasteiger partial charge in [-0.05, 0) is 33.7 Å². The molecule has 1 fully saturated rings. The predicted octanol–water partition coefficient (Wildman–Crippen LogP) is 2.19. The Balaban J connectivity index is 2.16. The Morgan fingerprint density at radius 3 is 2.85 bits per heavy atom. The van der Waals surface area contributed by atoms with Crippen molar-refractivity contribution in [2.24, 2.45) is 5.92 Å². The molecule has 2 rings (SSSR count). The van der Waals surface area contributed by atoms with E-state index in [-0.39, 0.29) is 18.1 Å². The van der Waals surface area contributed by atoms with E-state index in [1.807, 2.05) is 20.8 Å². The maximum absolute atomic E-state index is 12.3. The van der Waals surface area contributed by atoms with Gasteiger partial charge < -0.3 is 14.5 Å². The second-order valence-electron chi connectivity index (χ2n) is 6.16. The minimum absolute atomic E-state index is 0.199. The lowest BCUT2D eigenvalue weighted by molar-refractivity contribution is 0.0136. The molecule has 2 atom stereocenters. The molecule has 0 aliphatic carbocycles. The smallest absolute Gasteiger partial charge is 0.410 e. The number of hydrogen-bond donors (Lipinski definition) is 1. The number of amides is 1. The van der Waals surface area contributed by atoms with Gasteiger partial charge in [-0.1, -0.05) is 0 Å². The first-order chi connectivity index (χ1) is 9.38. The lowest BCUT2D eigenvalue weighted by Gasteiger charge is -2.32. The monoisotopic (exact) mass is 281 g/mol. The fraction of sp³-hybridized carbons (Fsp3) is 0.714. The molecule has 1 amide bonds. The second kappa shape index (κ2) is 5.83. The van der Waals surface area contributed by atoms with Crippen molar-refractivity contribution in [3.05, 3.63) is 18.4 Å². The van der Waals surface area contributed by atoms with Crippen LogP contribution in [0.2, 0.25) is 0 Å². The van der Waals surface area contributed by atoms with Gasteiger partial charge in [0.05, 0.1) is 6.20 Å². The summed E-state index contributed by atoms with van der Waals surface area (Å²) >= 11 is 0. The summed E-state index contributed by atoms with van der Waals surface area (Å²) in [4.78, 5) is 18.1. The number of ether oxygens (including phenoxy) is 1. The highest BCUT2D eigenvalue weighted by atomic mass is 16.6. The molecule has 1 aromatic rings. The van der Waals surface area contributed by atoms with Crippen LogP contribution in [-0.2, 0) is 4.74 Å². The average molecular weight is 281 g/mol. The zero-order valence-corrected chi connectivity index (χ0v) is 12.5. The van der Waals surface area contributed by atoms with E-state index in [0.717, 1.165) is 19.5 Å². The van der Waals surface area contributed by atoms with Crippen LogP contribution in [0.3, 0.4) is 0 Å². The zero-order valence-electron chi connectivity index (χ0n) is 12.5. The van der Waals surface area contributed by atoms with Crippen LogP contribution in [0.1, 0.15) is 39.1 Å². The SMILES string of the molecule is CN(C(=O)OC(C)(C)C)C(c1ncco1)C1CCNC1. The van der Waals surface area contributed by atoms with Crippen LogP contribution in [0.15, 0.2) is 16.9 Å². The lowest BCUT2D eigenvalue weighted by Crippen LogP contribution is -2.40. The molecule has 20 heavy (non-hydrogen) atoms. The summed E-state index contributed by atoms with van der Waals surface area (Å²) in [5.41, 5.74) is -0.513. The molecule has 1 saturated heterocycles. The molecule has 2 unspecified atom stereocenters. The summed E-state index contributed by atoms with van der Waals surface area (Å²) in [7, 11) is 1.74. The maximum Gasteiger partial charge on any atom is 0.410 e. The van der Waals surface area contributed by atoms with Crippen LogP contribution < -0.4 is 5.32 Å². The van der Waals surface area contributed by atoms with Crippen LogP contribution in [-0.4, -0.2) is 41.7 Å². The molecule has 6 heteroatoms. The van der Waals surface area contributed by atoms with Crippen molar-refractivity contribution in [1.82, 2.24) is 15.2 Å². The topological polar surface area (TPSA) is 67.6 Å². The molecular weight excluding hydrogens is 258 g/mol. The Hall–Kier alpha value is -1.56. The van der Waals surface area contributed by atoms with Gasteiger partial charge in [-0.2, -0.15) is 0 Å². The van der Waals surface area contributed by atoms with Gasteiger partial charge in [0.25, 0.3) is 0 Å². The van der Waals surface area contributed by atoms with E-state index in [4.69, 9.17) is 9.15 Å². The van der Waals surface area contributed by atoms with Gasteiger partial charge in [-0.3, -0.25) is 4.90 Å². The van der Waals surface area contributed by atoms with E-state index in [2.05, 4.69) is 10.3 Å². The third-order valence-corrected chi connectivity index (χ3v) is 3.35. The molecule has 0 bridgehead atoms. The first kappa shape index (κ1) is 14.8. The van der Waals surface area contributed by atoms with Gasteiger partial charge in [-0.25, -0.2) is 9.78 Å². The summed E-state index contributed by atoms with van der Waals surface area (Å²) in [6.07, 6.45) is 3.77. The summed E-state index contributed by atoms with van der Waals surface area (Å²) in [5, 5.41) is 3.31. The van der Waals surface area contributed by atoms with Gasteiger partial charge in [0.2, 0.25) is 5.89 Å². The van der Waals surface area contributed by atoms with Crippen molar-refractivity contribution >= 4 is 6.09 Å². The quantitative estimate of drug-likeness (QED) is 0.920. The van der Waals surface area contributed by atoms with E-state index in [1.54, 1.807) is 18.1 Å². The molecule has 0 spiro atoms. The Bertz CT molecular complexity index is 433. The number of hydrogen-bond acceptors (Lipinski definition) is 5. The standard InChI is InChI=1S/C14H23N3O3/c1-14(2,3)20-13(18)17(4)11(10-5-6-15-9-10)12-16-7-8-19-12/h7-8,10-11,15H,5-6,9H2,1-4H3. The average Bonchev–Trinajstić information content (AvgIpc) is 2.99. The highest BCUT2D eigenvalue weighted by Gasteiger charge is 2.36. The van der Waals surface area contributed by atoms with E-state index in [1.165, 1.54) is 6.26 Å². The molecule has 0 radical (unpaired) electrons. The van der Waals surface area contributed by atoms with Crippen molar-refractivity contribution < 1.29 is 13.9 Å². The third kappa shape index (κ3) is 3.50. The molecule has 112 valence electrons. The van der Waals surface area contributed by atoms with E-state index < -0.39 is 5.60 Å². The van der Waals surface area contributed by atoms with Crippen molar-refractivity contribution in [3.8, 4) is 0 Å². The zero-order chi connectivity index (χ0) is 14.8. The molecular formula is C14H23N3O3. The number of aromatic nitrogens is 1. The number of oxazole rings is 1. The molecule has 1 aliphatic rings. The number of rotatable bonds is 3. The largest absolute Gasteiger partial charge is 0.447 e. The van der Waals surface area contributed by atoms with Crippen LogP contribution in [0, 0.1) is 5.92 Å². The number of nitrogens with zero attached hydrogens (tertiary/aromatic N) is 2. The minimum Gasteiger partial charge on any atom is -0.447 e. The predicted molar refractivity (Wildman–Crippen MR) is 74.2 cm³/mol. The normalized spacial score (nSPS) is 20.7. The molecule has 2 heterocycles. The molecule has 1 aromatic heterocycles. The van der Waals surface area contributed by atoms with Crippen molar-refractivity contribution in [2.75, 3.05) is 20.1 Å². The molecule has 1 N–H and O–H groups in total. The van der Waals surface area contributed by atoms with Crippen molar-refractivity contribution in [2.45, 2.75) is 38.8 Å². The van der Waals surface area contributed by atoms with Crippen LogP contribution >= 0.6 is 0 Å². The van der Waals surface area contributed by atoms with Gasteiger partial charge >= 0.3 is 6.09 Å². The summed E-state index contributed by atoms with van der Waals surface area (Å²) < 4.78 is 10.9. The highest BCUT2D eigenvalue weighted by Crippen LogP contribution is 2.31. The third-order valence-electron chi connectivity index (χ3n) is 3.35. The van der Waals surface area contributed by atoms with Crippen LogP contribution in [0.5, 0.6) is 0 Å². The number of nitrogens with one attached hydrogen (secondary N) is 1. The Morgan fingerprint density at radius 2 is 2.35 bits per heavy atom. The van der Waals surface area contributed by atoms with Gasteiger partial charge in [0.15, 0.2) is 0 Å². The first-order valence-corrected chi connectivity index (χ1v) is 6.94. The first-order valence-electron chi connectivity index (χ1n) is 6.94. The molecule has 6 nitrogen and oxygen atoms in total.